The summed E-state index contributed by atoms with van der Waals surface area (Å²) < 4.78 is 18.4. The molecule has 0 aliphatic carbocycles. The second-order valence-electron chi connectivity index (χ2n) is 6.40. The number of hydrogen-bond donors (Lipinski definition) is 2. The smallest absolute Gasteiger partial charge is 0.267 e. The highest BCUT2D eigenvalue weighted by atomic mass is 19.1. The van der Waals surface area contributed by atoms with Crippen LogP contribution in [0, 0.1) is 5.82 Å². The van der Waals surface area contributed by atoms with Crippen LogP contribution in [0.2, 0.25) is 0 Å². The van der Waals surface area contributed by atoms with Gasteiger partial charge in [0.25, 0.3) is 11.8 Å². The maximum Gasteiger partial charge on any atom is 0.267 e. The van der Waals surface area contributed by atoms with Crippen molar-refractivity contribution in [2.45, 2.75) is 19.4 Å². The van der Waals surface area contributed by atoms with E-state index >= 15 is 0 Å². The van der Waals surface area contributed by atoms with E-state index in [4.69, 9.17) is 4.74 Å². The molecule has 146 valence electrons. The summed E-state index contributed by atoms with van der Waals surface area (Å²) in [5.41, 5.74) is 1.41. The lowest BCUT2D eigenvalue weighted by Gasteiger charge is -2.30. The number of fused-ring (bicyclic) bond motifs is 1. The first-order valence-electron chi connectivity index (χ1n) is 8.77. The van der Waals surface area contributed by atoms with Crippen LogP contribution in [0.5, 0.6) is 5.75 Å². The molecule has 1 aliphatic rings. The molecule has 0 bridgehead atoms. The molecule has 28 heavy (non-hydrogen) atoms. The van der Waals surface area contributed by atoms with Crippen molar-refractivity contribution in [2.24, 2.45) is 0 Å². The third-order valence-electron chi connectivity index (χ3n) is 4.33. The Labute approximate surface area is 161 Å². The highest BCUT2D eigenvalue weighted by molar-refractivity contribution is 6.01. The molecule has 8 heteroatoms. The van der Waals surface area contributed by atoms with Crippen LogP contribution in [0.15, 0.2) is 42.5 Å². The Balaban J connectivity index is 1.53. The number of ether oxygens (including phenoxy) is 1. The Hall–Kier alpha value is -3.42. The summed E-state index contributed by atoms with van der Waals surface area (Å²) in [5, 5.41) is 5.33. The van der Waals surface area contributed by atoms with Gasteiger partial charge in [0.15, 0.2) is 6.10 Å². The lowest BCUT2D eigenvalue weighted by molar-refractivity contribution is -0.125. The van der Waals surface area contributed by atoms with Crippen molar-refractivity contribution in [1.29, 1.82) is 0 Å². The fourth-order valence-electron chi connectivity index (χ4n) is 2.81. The molecule has 3 rings (SSSR count). The van der Waals surface area contributed by atoms with E-state index in [1.54, 1.807) is 32.2 Å². The van der Waals surface area contributed by atoms with Crippen LogP contribution in [0.4, 0.5) is 15.8 Å². The van der Waals surface area contributed by atoms with E-state index in [0.29, 0.717) is 22.7 Å². The molecular formula is C20H20FN3O4. The second kappa shape index (κ2) is 8.08. The van der Waals surface area contributed by atoms with Crippen molar-refractivity contribution in [1.82, 2.24) is 5.32 Å². The minimum Gasteiger partial charge on any atom is -0.479 e. The van der Waals surface area contributed by atoms with Gasteiger partial charge in [0.2, 0.25) is 5.91 Å². The van der Waals surface area contributed by atoms with Crippen molar-refractivity contribution in [3.05, 3.63) is 53.8 Å². The Morgan fingerprint density at radius 1 is 1.18 bits per heavy atom. The summed E-state index contributed by atoms with van der Waals surface area (Å²) in [5.74, 6) is -0.696. The number of anilines is 2. The molecule has 0 saturated carbocycles. The number of rotatable bonds is 5. The Bertz CT molecular complexity index is 914. The van der Waals surface area contributed by atoms with Gasteiger partial charge in [0.05, 0.1) is 5.69 Å². The minimum atomic E-state index is -0.553. The number of nitrogens with zero attached hydrogens (tertiary/aromatic N) is 1. The normalized spacial score (nSPS) is 15.5. The van der Waals surface area contributed by atoms with Gasteiger partial charge in [-0.1, -0.05) is 0 Å². The van der Waals surface area contributed by atoms with E-state index in [1.165, 1.54) is 29.2 Å². The Kier molecular flexibility index (Phi) is 5.58. The van der Waals surface area contributed by atoms with Crippen LogP contribution >= 0.6 is 0 Å². The van der Waals surface area contributed by atoms with E-state index in [9.17, 15) is 18.8 Å². The quantitative estimate of drug-likeness (QED) is 0.827. The van der Waals surface area contributed by atoms with E-state index < -0.39 is 11.9 Å². The average molecular weight is 385 g/mol. The predicted molar refractivity (Wildman–Crippen MR) is 102 cm³/mol. The molecule has 0 saturated heterocycles. The van der Waals surface area contributed by atoms with Gasteiger partial charge in [0, 0.05) is 31.3 Å². The predicted octanol–water partition coefficient (Wildman–Crippen LogP) is 2.33. The highest BCUT2D eigenvalue weighted by Crippen LogP contribution is 2.35. The molecule has 1 heterocycles. The molecule has 7 nitrogen and oxygen atoms in total. The zero-order valence-corrected chi connectivity index (χ0v) is 15.5. The van der Waals surface area contributed by atoms with Crippen molar-refractivity contribution < 1.29 is 23.5 Å². The van der Waals surface area contributed by atoms with Gasteiger partial charge < -0.3 is 20.3 Å². The first-order valence-corrected chi connectivity index (χ1v) is 8.77. The third-order valence-corrected chi connectivity index (χ3v) is 4.33. The van der Waals surface area contributed by atoms with E-state index in [-0.39, 0.29) is 30.7 Å². The van der Waals surface area contributed by atoms with E-state index in [1.807, 2.05) is 0 Å². The number of hydrogen-bond acceptors (Lipinski definition) is 4. The Morgan fingerprint density at radius 2 is 1.89 bits per heavy atom. The molecule has 2 aromatic rings. The molecule has 3 amide bonds. The molecule has 0 radical (unpaired) electrons. The fourth-order valence-corrected chi connectivity index (χ4v) is 2.81. The van der Waals surface area contributed by atoms with Crippen LogP contribution < -0.4 is 20.3 Å². The van der Waals surface area contributed by atoms with Gasteiger partial charge in [-0.2, -0.15) is 0 Å². The van der Waals surface area contributed by atoms with Crippen LogP contribution in [0.25, 0.3) is 0 Å². The lowest BCUT2D eigenvalue weighted by Crippen LogP contribution is -2.42. The topological polar surface area (TPSA) is 87.7 Å². The number of amides is 3. The number of carbonyl (C=O) groups excluding carboxylic acids is 3. The molecule has 0 spiro atoms. The lowest BCUT2D eigenvalue weighted by atomic mass is 10.2. The zero-order chi connectivity index (χ0) is 20.3. The molecular weight excluding hydrogens is 365 g/mol. The second-order valence-corrected chi connectivity index (χ2v) is 6.40. The summed E-state index contributed by atoms with van der Waals surface area (Å²) in [6.45, 7) is 1.81. The molecule has 1 aliphatic heterocycles. The Morgan fingerprint density at radius 3 is 2.61 bits per heavy atom. The van der Waals surface area contributed by atoms with Crippen LogP contribution in [0.1, 0.15) is 23.7 Å². The summed E-state index contributed by atoms with van der Waals surface area (Å²) in [6.07, 6.45) is -0.491. The number of carbonyl (C=O) groups is 3. The summed E-state index contributed by atoms with van der Waals surface area (Å²) in [7, 11) is 1.65. The number of benzene rings is 2. The first-order chi connectivity index (χ1) is 13.3. The van der Waals surface area contributed by atoms with E-state index in [2.05, 4.69) is 10.6 Å². The highest BCUT2D eigenvalue weighted by Gasteiger charge is 2.29. The SMILES string of the molecule is CC1Oc2ccc(NC(=O)CCNC(=O)c3ccc(F)cc3)cc2N(C)C1=O. The molecule has 1 unspecified atom stereocenters. The standard InChI is InChI=1S/C20H20FN3O4/c1-12-20(27)24(2)16-11-15(7-8-17(16)28-12)23-18(25)9-10-22-19(26)13-3-5-14(21)6-4-13/h3-8,11-12H,9-10H2,1-2H3,(H,22,26)(H,23,25). The number of halogens is 1. The monoisotopic (exact) mass is 385 g/mol. The van der Waals surface area contributed by atoms with E-state index in [0.717, 1.165) is 0 Å². The van der Waals surface area contributed by atoms with Gasteiger partial charge >= 0.3 is 0 Å². The van der Waals surface area contributed by atoms with Crippen molar-refractivity contribution in [3.8, 4) is 5.75 Å². The van der Waals surface area contributed by atoms with Crippen molar-refractivity contribution in [2.75, 3.05) is 23.8 Å². The van der Waals surface area contributed by atoms with Crippen LogP contribution in [0.3, 0.4) is 0 Å². The fraction of sp³-hybridized carbons (Fsp3) is 0.250. The van der Waals surface area contributed by atoms with Crippen LogP contribution in [-0.2, 0) is 9.59 Å². The van der Waals surface area contributed by atoms with Gasteiger partial charge in [-0.25, -0.2) is 4.39 Å². The van der Waals surface area contributed by atoms with Crippen molar-refractivity contribution >= 4 is 29.1 Å². The average Bonchev–Trinajstić information content (AvgIpc) is 2.67. The van der Waals surface area contributed by atoms with Gasteiger partial charge in [-0.15, -0.1) is 0 Å². The summed E-state index contributed by atoms with van der Waals surface area (Å²) in [6, 6.07) is 10.2. The first kappa shape index (κ1) is 19.3. The van der Waals surface area contributed by atoms with Crippen molar-refractivity contribution in [3.63, 3.8) is 0 Å². The van der Waals surface area contributed by atoms with Gasteiger partial charge in [-0.3, -0.25) is 14.4 Å². The summed E-state index contributed by atoms with van der Waals surface area (Å²) >= 11 is 0. The molecule has 0 fully saturated rings. The molecule has 0 aromatic heterocycles. The van der Waals surface area contributed by atoms with Gasteiger partial charge in [-0.05, 0) is 49.4 Å². The largest absolute Gasteiger partial charge is 0.479 e. The molecule has 1 atom stereocenters. The molecule has 2 aromatic carbocycles. The third kappa shape index (κ3) is 4.28. The number of nitrogens with one attached hydrogen (secondary N) is 2. The zero-order valence-electron chi connectivity index (χ0n) is 15.5. The summed E-state index contributed by atoms with van der Waals surface area (Å²) in [4.78, 5) is 37.6. The number of likely N-dealkylation sites (N-methyl/N-ethyl adjacent to an activating group) is 1. The van der Waals surface area contributed by atoms with Gasteiger partial charge in [0.1, 0.15) is 11.6 Å². The minimum absolute atomic E-state index is 0.0618. The maximum atomic E-state index is 12.9. The maximum absolute atomic E-state index is 12.9. The van der Waals surface area contributed by atoms with Crippen LogP contribution in [-0.4, -0.2) is 37.4 Å². The molecule has 2 N–H and O–H groups in total.